The molecule has 0 aliphatic carbocycles. The summed E-state index contributed by atoms with van der Waals surface area (Å²) >= 11 is 0. The molecule has 0 spiro atoms. The van der Waals surface area contributed by atoms with E-state index in [2.05, 4.69) is 10.4 Å². The van der Waals surface area contributed by atoms with Gasteiger partial charge in [-0.15, -0.1) is 0 Å². The van der Waals surface area contributed by atoms with Crippen molar-refractivity contribution in [2.45, 2.75) is 13.5 Å². The molecule has 1 heterocycles. The zero-order valence-corrected chi connectivity index (χ0v) is 11.6. The molecule has 0 aliphatic heterocycles. The van der Waals surface area contributed by atoms with Gasteiger partial charge in [-0.3, -0.25) is 9.48 Å². The van der Waals surface area contributed by atoms with Gasteiger partial charge in [0, 0.05) is 12.7 Å². The number of hydrogen-bond donors (Lipinski definition) is 2. The zero-order chi connectivity index (χ0) is 14.4. The number of aromatic nitrogens is 2. The Morgan fingerprint density at radius 2 is 2.15 bits per heavy atom. The second kappa shape index (κ2) is 6.86. The minimum Gasteiger partial charge on any atom is -0.352 e. The summed E-state index contributed by atoms with van der Waals surface area (Å²) in [5.41, 5.74) is 7.25. The van der Waals surface area contributed by atoms with E-state index in [9.17, 15) is 4.79 Å². The molecule has 1 unspecified atom stereocenters. The summed E-state index contributed by atoms with van der Waals surface area (Å²) in [7, 11) is 0. The molecule has 106 valence electrons. The number of nitrogens with one attached hydrogen (secondary N) is 1. The maximum Gasteiger partial charge on any atom is 0.254 e. The average molecular weight is 272 g/mol. The first kappa shape index (κ1) is 14.3. The summed E-state index contributed by atoms with van der Waals surface area (Å²) < 4.78 is 1.76. The Hall–Kier alpha value is -2.14. The molecule has 1 aromatic carbocycles. The van der Waals surface area contributed by atoms with Gasteiger partial charge in [-0.05, 0) is 18.0 Å². The Morgan fingerprint density at radius 3 is 2.85 bits per heavy atom. The highest BCUT2D eigenvalue weighted by Gasteiger charge is 2.09. The maximum absolute atomic E-state index is 11.9. The lowest BCUT2D eigenvalue weighted by molar-refractivity contribution is 0.0948. The van der Waals surface area contributed by atoms with Crippen LogP contribution in [0, 0.1) is 5.92 Å². The van der Waals surface area contributed by atoms with Crippen molar-refractivity contribution in [1.29, 1.82) is 0 Å². The Morgan fingerprint density at radius 1 is 1.40 bits per heavy atom. The molecular formula is C15H20N4O. The Labute approximate surface area is 118 Å². The van der Waals surface area contributed by atoms with Crippen LogP contribution >= 0.6 is 0 Å². The third kappa shape index (κ3) is 3.93. The molecule has 0 saturated carbocycles. The van der Waals surface area contributed by atoms with Crippen LogP contribution < -0.4 is 11.1 Å². The molecule has 0 radical (unpaired) electrons. The van der Waals surface area contributed by atoms with Crippen LogP contribution in [0.4, 0.5) is 0 Å². The fraction of sp³-hybridized carbons (Fsp3) is 0.333. The van der Waals surface area contributed by atoms with E-state index < -0.39 is 0 Å². The molecule has 2 rings (SSSR count). The molecule has 5 nitrogen and oxygen atoms in total. The van der Waals surface area contributed by atoms with Crippen molar-refractivity contribution >= 4 is 5.91 Å². The van der Waals surface area contributed by atoms with Crippen molar-refractivity contribution in [3.8, 4) is 0 Å². The summed E-state index contributed by atoms with van der Waals surface area (Å²) in [6.45, 7) is 3.80. The quantitative estimate of drug-likeness (QED) is 0.831. The number of amides is 1. The van der Waals surface area contributed by atoms with E-state index in [1.807, 2.05) is 37.3 Å². The Balaban J connectivity index is 1.93. The molecule has 1 amide bonds. The minimum absolute atomic E-state index is 0.107. The van der Waals surface area contributed by atoms with E-state index in [0.29, 0.717) is 25.2 Å². The monoisotopic (exact) mass is 272 g/mol. The van der Waals surface area contributed by atoms with Crippen molar-refractivity contribution < 1.29 is 4.79 Å². The van der Waals surface area contributed by atoms with E-state index in [0.717, 1.165) is 5.56 Å². The van der Waals surface area contributed by atoms with Crippen molar-refractivity contribution in [3.05, 3.63) is 53.9 Å². The highest BCUT2D eigenvalue weighted by atomic mass is 16.1. The third-order valence-corrected chi connectivity index (χ3v) is 3.10. The lowest BCUT2D eigenvalue weighted by Gasteiger charge is -2.08. The smallest absolute Gasteiger partial charge is 0.254 e. The first-order chi connectivity index (χ1) is 9.69. The summed E-state index contributed by atoms with van der Waals surface area (Å²) in [6, 6.07) is 10.0. The summed E-state index contributed by atoms with van der Waals surface area (Å²) in [6.07, 6.45) is 3.35. The van der Waals surface area contributed by atoms with E-state index in [4.69, 9.17) is 5.73 Å². The molecule has 0 saturated heterocycles. The number of carbonyl (C=O) groups is 1. The molecule has 1 aromatic heterocycles. The minimum atomic E-state index is -0.107. The van der Waals surface area contributed by atoms with Gasteiger partial charge in [0.05, 0.1) is 18.3 Å². The van der Waals surface area contributed by atoms with Gasteiger partial charge in [0.25, 0.3) is 5.91 Å². The predicted molar refractivity (Wildman–Crippen MR) is 78.3 cm³/mol. The lowest BCUT2D eigenvalue weighted by Crippen LogP contribution is -2.31. The van der Waals surface area contributed by atoms with Gasteiger partial charge in [0.15, 0.2) is 0 Å². The number of hydrogen-bond acceptors (Lipinski definition) is 3. The van der Waals surface area contributed by atoms with Gasteiger partial charge in [-0.1, -0.05) is 37.3 Å². The van der Waals surface area contributed by atoms with Crippen LogP contribution in [-0.4, -0.2) is 28.8 Å². The van der Waals surface area contributed by atoms with E-state index in [-0.39, 0.29) is 11.8 Å². The van der Waals surface area contributed by atoms with Crippen LogP contribution in [0.15, 0.2) is 42.7 Å². The largest absolute Gasteiger partial charge is 0.352 e. The number of nitrogens with zero attached hydrogens (tertiary/aromatic N) is 2. The number of benzene rings is 1. The highest BCUT2D eigenvalue weighted by molar-refractivity contribution is 5.93. The van der Waals surface area contributed by atoms with Crippen LogP contribution in [0.5, 0.6) is 0 Å². The lowest BCUT2D eigenvalue weighted by atomic mass is 10.2. The van der Waals surface area contributed by atoms with E-state index in [1.54, 1.807) is 17.1 Å². The molecule has 2 aromatic rings. The highest BCUT2D eigenvalue weighted by Crippen LogP contribution is 2.04. The SMILES string of the molecule is CC(CN)CNC(=O)c1cnn(Cc2ccccc2)c1. The van der Waals surface area contributed by atoms with Crippen molar-refractivity contribution in [2.75, 3.05) is 13.1 Å². The van der Waals surface area contributed by atoms with Gasteiger partial charge in [-0.2, -0.15) is 5.10 Å². The third-order valence-electron chi connectivity index (χ3n) is 3.10. The summed E-state index contributed by atoms with van der Waals surface area (Å²) in [5, 5.41) is 7.07. The van der Waals surface area contributed by atoms with Crippen LogP contribution in [0.3, 0.4) is 0 Å². The van der Waals surface area contributed by atoms with Crippen LogP contribution in [-0.2, 0) is 6.54 Å². The van der Waals surface area contributed by atoms with Crippen molar-refractivity contribution in [2.24, 2.45) is 11.7 Å². The maximum atomic E-state index is 11.9. The van der Waals surface area contributed by atoms with Crippen LogP contribution in [0.1, 0.15) is 22.8 Å². The van der Waals surface area contributed by atoms with E-state index >= 15 is 0 Å². The zero-order valence-electron chi connectivity index (χ0n) is 11.6. The van der Waals surface area contributed by atoms with Crippen LogP contribution in [0.25, 0.3) is 0 Å². The molecular weight excluding hydrogens is 252 g/mol. The first-order valence-corrected chi connectivity index (χ1v) is 6.73. The molecule has 5 heteroatoms. The van der Waals surface area contributed by atoms with E-state index in [1.165, 1.54) is 0 Å². The Bertz CT molecular complexity index is 550. The van der Waals surface area contributed by atoms with Gasteiger partial charge >= 0.3 is 0 Å². The molecule has 0 fully saturated rings. The number of carbonyl (C=O) groups excluding carboxylic acids is 1. The Kier molecular flexibility index (Phi) is 4.90. The van der Waals surface area contributed by atoms with Crippen LogP contribution in [0.2, 0.25) is 0 Å². The summed E-state index contributed by atoms with van der Waals surface area (Å²) in [5.74, 6) is 0.169. The van der Waals surface area contributed by atoms with Gasteiger partial charge in [-0.25, -0.2) is 0 Å². The number of nitrogens with two attached hydrogens (primary N) is 1. The van der Waals surface area contributed by atoms with Gasteiger partial charge in [0.2, 0.25) is 0 Å². The molecule has 1 atom stereocenters. The number of rotatable bonds is 6. The van der Waals surface area contributed by atoms with Gasteiger partial charge < -0.3 is 11.1 Å². The summed E-state index contributed by atoms with van der Waals surface area (Å²) in [4.78, 5) is 11.9. The molecule has 0 aliphatic rings. The average Bonchev–Trinajstić information content (AvgIpc) is 2.94. The predicted octanol–water partition coefficient (Wildman–Crippen LogP) is 1.26. The van der Waals surface area contributed by atoms with Crippen molar-refractivity contribution in [1.82, 2.24) is 15.1 Å². The fourth-order valence-corrected chi connectivity index (χ4v) is 1.79. The fourth-order valence-electron chi connectivity index (χ4n) is 1.79. The van der Waals surface area contributed by atoms with Gasteiger partial charge in [0.1, 0.15) is 0 Å². The first-order valence-electron chi connectivity index (χ1n) is 6.73. The topological polar surface area (TPSA) is 72.9 Å². The second-order valence-electron chi connectivity index (χ2n) is 4.96. The molecule has 20 heavy (non-hydrogen) atoms. The second-order valence-corrected chi connectivity index (χ2v) is 4.96. The standard InChI is InChI=1S/C15H20N4O/c1-12(7-16)8-17-15(20)14-9-18-19(11-14)10-13-5-3-2-4-6-13/h2-6,9,11-12H,7-8,10,16H2,1H3,(H,17,20). The molecule has 0 bridgehead atoms. The molecule has 3 N–H and O–H groups in total. The normalized spacial score (nSPS) is 12.1. The van der Waals surface area contributed by atoms with Crippen molar-refractivity contribution in [3.63, 3.8) is 0 Å².